The normalized spacial score (nSPS) is 10.4. The summed E-state index contributed by atoms with van der Waals surface area (Å²) in [5.41, 5.74) is 3.47. The van der Waals surface area contributed by atoms with Crippen LogP contribution in [0.25, 0.3) is 11.3 Å². The summed E-state index contributed by atoms with van der Waals surface area (Å²) < 4.78 is 0. The summed E-state index contributed by atoms with van der Waals surface area (Å²) in [6.45, 7) is 0. The smallest absolute Gasteiger partial charge is 0.372 e. The van der Waals surface area contributed by atoms with Crippen LogP contribution >= 0.6 is 0 Å². The Bertz CT molecular complexity index is 986. The van der Waals surface area contributed by atoms with Gasteiger partial charge in [0.1, 0.15) is 0 Å². The van der Waals surface area contributed by atoms with Crippen LogP contribution in [-0.4, -0.2) is 32.6 Å². The quantitative estimate of drug-likeness (QED) is 0.395. The minimum atomic E-state index is -1.61. The molecule has 0 bridgehead atoms. The maximum Gasteiger partial charge on any atom is 0.372 e. The summed E-state index contributed by atoms with van der Waals surface area (Å²) in [5, 5.41) is 8.74. The topological polar surface area (TPSA) is 97.2 Å². The molecular formula is C21H16N2O4. The van der Waals surface area contributed by atoms with Gasteiger partial charge in [-0.1, -0.05) is 30.3 Å². The lowest BCUT2D eigenvalue weighted by molar-refractivity contribution is -0.148. The lowest BCUT2D eigenvalue weighted by Crippen LogP contribution is -2.17. The average molecular weight is 360 g/mol. The van der Waals surface area contributed by atoms with Crippen LogP contribution in [0.5, 0.6) is 0 Å². The van der Waals surface area contributed by atoms with E-state index < -0.39 is 24.0 Å². The Hall–Kier alpha value is -3.67. The fraction of sp³-hybridized carbons (Fsp3) is 0.0952. The van der Waals surface area contributed by atoms with E-state index in [9.17, 15) is 14.4 Å². The predicted octanol–water partition coefficient (Wildman–Crippen LogP) is 2.96. The van der Waals surface area contributed by atoms with Gasteiger partial charge in [0.2, 0.25) is 5.78 Å². The summed E-state index contributed by atoms with van der Waals surface area (Å²) in [5.74, 6) is -3.28. The molecule has 0 aliphatic heterocycles. The largest absolute Gasteiger partial charge is 0.475 e. The van der Waals surface area contributed by atoms with E-state index in [-0.39, 0.29) is 5.56 Å². The molecule has 0 saturated heterocycles. The molecule has 6 nitrogen and oxygen atoms in total. The fourth-order valence-electron chi connectivity index (χ4n) is 2.71. The van der Waals surface area contributed by atoms with Crippen molar-refractivity contribution in [1.29, 1.82) is 0 Å². The SMILES string of the molecule is O=C(O)C(=O)CC(=O)c1cc(Cc2ccccc2)cc(-c2cnccn2)c1. The summed E-state index contributed by atoms with van der Waals surface area (Å²) in [4.78, 5) is 42.9. The van der Waals surface area contributed by atoms with Gasteiger partial charge in [0.25, 0.3) is 0 Å². The van der Waals surface area contributed by atoms with Crippen molar-refractivity contribution in [2.75, 3.05) is 0 Å². The van der Waals surface area contributed by atoms with Crippen LogP contribution in [0.15, 0.2) is 67.1 Å². The first-order valence-corrected chi connectivity index (χ1v) is 8.26. The van der Waals surface area contributed by atoms with Gasteiger partial charge in [-0.2, -0.15) is 0 Å². The number of carboxylic acids is 1. The van der Waals surface area contributed by atoms with Crippen LogP contribution < -0.4 is 0 Å². The molecular weight excluding hydrogens is 344 g/mol. The van der Waals surface area contributed by atoms with Crippen LogP contribution in [0.2, 0.25) is 0 Å². The predicted molar refractivity (Wildman–Crippen MR) is 98.3 cm³/mol. The first-order valence-electron chi connectivity index (χ1n) is 8.26. The molecule has 0 saturated carbocycles. The summed E-state index contributed by atoms with van der Waals surface area (Å²) in [6, 6.07) is 14.9. The van der Waals surface area contributed by atoms with Crippen molar-refractivity contribution in [3.05, 3.63) is 83.8 Å². The molecule has 0 spiro atoms. The van der Waals surface area contributed by atoms with Crippen molar-refractivity contribution >= 4 is 17.5 Å². The Labute approximate surface area is 155 Å². The lowest BCUT2D eigenvalue weighted by Gasteiger charge is -2.09. The second kappa shape index (κ2) is 8.14. The zero-order valence-electron chi connectivity index (χ0n) is 14.3. The second-order valence-corrected chi connectivity index (χ2v) is 6.00. The van der Waals surface area contributed by atoms with Gasteiger partial charge in [-0.25, -0.2) is 4.79 Å². The maximum absolute atomic E-state index is 12.4. The summed E-state index contributed by atoms with van der Waals surface area (Å²) in [7, 11) is 0. The number of aliphatic carboxylic acids is 1. The molecule has 27 heavy (non-hydrogen) atoms. The molecule has 3 rings (SSSR count). The van der Waals surface area contributed by atoms with Crippen molar-refractivity contribution in [3.8, 4) is 11.3 Å². The van der Waals surface area contributed by atoms with Crippen LogP contribution in [0.4, 0.5) is 0 Å². The standard InChI is InChI=1S/C21H16N2O4/c24-19(12-20(25)21(26)27)17-10-15(8-14-4-2-1-3-5-14)9-16(11-17)18-13-22-6-7-23-18/h1-7,9-11,13H,8,12H2,(H,26,27). The van der Waals surface area contributed by atoms with Crippen molar-refractivity contribution in [1.82, 2.24) is 9.97 Å². The van der Waals surface area contributed by atoms with E-state index in [0.717, 1.165) is 11.1 Å². The van der Waals surface area contributed by atoms with Gasteiger partial charge in [0.15, 0.2) is 5.78 Å². The first kappa shape index (κ1) is 18.1. The zero-order chi connectivity index (χ0) is 19.2. The van der Waals surface area contributed by atoms with Crippen molar-refractivity contribution in [2.45, 2.75) is 12.8 Å². The number of aromatic nitrogens is 2. The minimum Gasteiger partial charge on any atom is -0.475 e. The van der Waals surface area contributed by atoms with E-state index in [1.165, 1.54) is 0 Å². The number of carbonyl (C=O) groups excluding carboxylic acids is 2. The third-order valence-electron chi connectivity index (χ3n) is 3.98. The molecule has 2 aromatic carbocycles. The van der Waals surface area contributed by atoms with E-state index in [4.69, 9.17) is 5.11 Å². The number of benzene rings is 2. The van der Waals surface area contributed by atoms with Crippen molar-refractivity contribution in [2.24, 2.45) is 0 Å². The number of hydrogen-bond donors (Lipinski definition) is 1. The van der Waals surface area contributed by atoms with E-state index in [1.807, 2.05) is 36.4 Å². The minimum absolute atomic E-state index is 0.277. The maximum atomic E-state index is 12.4. The molecule has 1 heterocycles. The monoisotopic (exact) mass is 360 g/mol. The van der Waals surface area contributed by atoms with Crippen molar-refractivity contribution < 1.29 is 19.5 Å². The zero-order valence-corrected chi connectivity index (χ0v) is 14.3. The Kier molecular flexibility index (Phi) is 5.47. The molecule has 0 radical (unpaired) electrons. The number of carbonyl (C=O) groups is 3. The first-order chi connectivity index (χ1) is 13.0. The second-order valence-electron chi connectivity index (χ2n) is 6.00. The highest BCUT2D eigenvalue weighted by atomic mass is 16.4. The summed E-state index contributed by atoms with van der Waals surface area (Å²) in [6.07, 6.45) is 4.59. The molecule has 0 aliphatic rings. The molecule has 3 aromatic rings. The Morgan fingerprint density at radius 2 is 1.70 bits per heavy atom. The molecule has 0 unspecified atom stereocenters. The number of hydrogen-bond acceptors (Lipinski definition) is 5. The van der Waals surface area contributed by atoms with Crippen LogP contribution in [0, 0.1) is 0 Å². The lowest BCUT2D eigenvalue weighted by atomic mass is 9.95. The number of carboxylic acid groups (broad SMARTS) is 1. The summed E-state index contributed by atoms with van der Waals surface area (Å²) >= 11 is 0. The van der Waals surface area contributed by atoms with E-state index in [0.29, 0.717) is 17.7 Å². The van der Waals surface area contributed by atoms with E-state index in [1.54, 1.807) is 30.7 Å². The van der Waals surface area contributed by atoms with Crippen LogP contribution in [-0.2, 0) is 16.0 Å². The molecule has 6 heteroatoms. The van der Waals surface area contributed by atoms with E-state index >= 15 is 0 Å². The molecule has 0 atom stereocenters. The fourth-order valence-corrected chi connectivity index (χ4v) is 2.71. The number of rotatable bonds is 7. The number of nitrogens with zero attached hydrogens (tertiary/aromatic N) is 2. The molecule has 1 N–H and O–H groups in total. The van der Waals surface area contributed by atoms with Gasteiger partial charge in [-0.15, -0.1) is 0 Å². The Morgan fingerprint density at radius 3 is 2.37 bits per heavy atom. The van der Waals surface area contributed by atoms with Gasteiger partial charge in [0, 0.05) is 23.5 Å². The third-order valence-corrected chi connectivity index (χ3v) is 3.98. The van der Waals surface area contributed by atoms with Gasteiger partial charge in [-0.05, 0) is 35.7 Å². The average Bonchev–Trinajstić information content (AvgIpc) is 2.69. The molecule has 0 amide bonds. The van der Waals surface area contributed by atoms with Crippen LogP contribution in [0.1, 0.15) is 27.9 Å². The highest BCUT2D eigenvalue weighted by Gasteiger charge is 2.19. The van der Waals surface area contributed by atoms with Gasteiger partial charge in [0.05, 0.1) is 18.3 Å². The Morgan fingerprint density at radius 1 is 0.926 bits per heavy atom. The highest BCUT2D eigenvalue weighted by molar-refractivity contribution is 6.37. The molecule has 134 valence electrons. The molecule has 1 aromatic heterocycles. The van der Waals surface area contributed by atoms with Crippen molar-refractivity contribution in [3.63, 3.8) is 0 Å². The molecule has 0 aliphatic carbocycles. The number of ketones is 2. The molecule has 0 fully saturated rings. The van der Waals surface area contributed by atoms with Gasteiger partial charge >= 0.3 is 5.97 Å². The van der Waals surface area contributed by atoms with Crippen LogP contribution in [0.3, 0.4) is 0 Å². The van der Waals surface area contributed by atoms with Gasteiger partial charge < -0.3 is 5.11 Å². The van der Waals surface area contributed by atoms with Gasteiger partial charge in [-0.3, -0.25) is 19.6 Å². The number of Topliss-reactive ketones (excluding diaryl/α,β-unsaturated/α-hetero) is 2. The highest BCUT2D eigenvalue weighted by Crippen LogP contribution is 2.23. The Balaban J connectivity index is 1.99. The third kappa shape index (κ3) is 4.70. The van der Waals surface area contributed by atoms with E-state index in [2.05, 4.69) is 9.97 Å².